The van der Waals surface area contributed by atoms with Crippen LogP contribution in [0.15, 0.2) is 42.5 Å². The van der Waals surface area contributed by atoms with E-state index in [4.69, 9.17) is 9.47 Å². The second kappa shape index (κ2) is 7.50. The fourth-order valence-electron chi connectivity index (χ4n) is 2.20. The first-order chi connectivity index (χ1) is 10.6. The third-order valence-corrected chi connectivity index (χ3v) is 3.22. The van der Waals surface area contributed by atoms with Crippen LogP contribution >= 0.6 is 0 Å². The second-order valence-corrected chi connectivity index (χ2v) is 4.99. The third kappa shape index (κ3) is 4.01. The van der Waals surface area contributed by atoms with E-state index in [2.05, 4.69) is 5.32 Å². The monoisotopic (exact) mass is 299 g/mol. The van der Waals surface area contributed by atoms with Crippen LogP contribution in [0.2, 0.25) is 0 Å². The maximum Gasteiger partial charge on any atom is 0.262 e. The molecule has 0 spiro atoms. The van der Waals surface area contributed by atoms with Crippen molar-refractivity contribution in [2.24, 2.45) is 0 Å². The maximum atomic E-state index is 12.1. The fourth-order valence-corrected chi connectivity index (χ4v) is 2.20. The lowest BCUT2D eigenvalue weighted by atomic mass is 10.1. The third-order valence-electron chi connectivity index (χ3n) is 3.22. The summed E-state index contributed by atoms with van der Waals surface area (Å²) in [4.78, 5) is 12.1. The number of hydrogen-bond acceptors (Lipinski definition) is 3. The molecule has 2 aromatic carbocycles. The Morgan fingerprint density at radius 2 is 1.68 bits per heavy atom. The fraction of sp³-hybridized carbons (Fsp3) is 0.278. The molecule has 4 heteroatoms. The van der Waals surface area contributed by atoms with E-state index >= 15 is 0 Å². The summed E-state index contributed by atoms with van der Waals surface area (Å²) in [6, 6.07) is 13.2. The van der Waals surface area contributed by atoms with Gasteiger partial charge in [-0.3, -0.25) is 4.79 Å². The highest BCUT2D eigenvalue weighted by molar-refractivity contribution is 5.93. The predicted molar refractivity (Wildman–Crippen MR) is 87.7 cm³/mol. The lowest BCUT2D eigenvalue weighted by Crippen LogP contribution is -2.21. The van der Waals surface area contributed by atoms with E-state index in [1.165, 1.54) is 0 Å². The van der Waals surface area contributed by atoms with Crippen LogP contribution in [0.25, 0.3) is 0 Å². The number of benzene rings is 2. The Balaban J connectivity index is 1.99. The Labute approximate surface area is 131 Å². The summed E-state index contributed by atoms with van der Waals surface area (Å²) in [5.74, 6) is 1.20. The number of carbonyl (C=O) groups excluding carboxylic acids is 1. The van der Waals surface area contributed by atoms with Gasteiger partial charge in [0.1, 0.15) is 11.5 Å². The van der Waals surface area contributed by atoms with E-state index in [-0.39, 0.29) is 12.5 Å². The summed E-state index contributed by atoms with van der Waals surface area (Å²) >= 11 is 0. The molecule has 0 radical (unpaired) electrons. The highest BCUT2D eigenvalue weighted by atomic mass is 16.5. The minimum absolute atomic E-state index is 0.0356. The molecule has 0 aliphatic heterocycles. The molecule has 0 atom stereocenters. The summed E-state index contributed by atoms with van der Waals surface area (Å²) in [6.45, 7) is 6.34. The van der Waals surface area contributed by atoms with E-state index < -0.39 is 0 Å². The van der Waals surface area contributed by atoms with E-state index in [9.17, 15) is 4.79 Å². The van der Waals surface area contributed by atoms with Crippen molar-refractivity contribution in [2.75, 3.05) is 18.5 Å². The van der Waals surface area contributed by atoms with E-state index in [1.807, 2.05) is 63.2 Å². The van der Waals surface area contributed by atoms with Gasteiger partial charge in [-0.05, 0) is 44.0 Å². The van der Waals surface area contributed by atoms with Gasteiger partial charge in [0.05, 0.1) is 12.3 Å². The van der Waals surface area contributed by atoms with Crippen LogP contribution in [0.1, 0.15) is 18.1 Å². The maximum absolute atomic E-state index is 12.1. The van der Waals surface area contributed by atoms with Gasteiger partial charge >= 0.3 is 0 Å². The zero-order valence-corrected chi connectivity index (χ0v) is 13.2. The molecule has 0 saturated carbocycles. The number of aryl methyl sites for hydroxylation is 2. The van der Waals surface area contributed by atoms with Crippen LogP contribution in [-0.4, -0.2) is 19.1 Å². The number of hydrogen-bond donors (Lipinski definition) is 1. The van der Waals surface area contributed by atoms with Crippen molar-refractivity contribution >= 4 is 11.6 Å². The summed E-state index contributed by atoms with van der Waals surface area (Å²) in [7, 11) is 0. The van der Waals surface area contributed by atoms with Crippen LogP contribution in [0, 0.1) is 13.8 Å². The van der Waals surface area contributed by atoms with E-state index in [1.54, 1.807) is 0 Å². The number of carbonyl (C=O) groups is 1. The van der Waals surface area contributed by atoms with E-state index in [0.29, 0.717) is 18.0 Å². The molecule has 22 heavy (non-hydrogen) atoms. The Hall–Kier alpha value is -2.49. The average molecular weight is 299 g/mol. The minimum Gasteiger partial charge on any atom is -0.492 e. The number of para-hydroxylation sites is 3. The normalized spacial score (nSPS) is 10.1. The lowest BCUT2D eigenvalue weighted by Gasteiger charge is -2.13. The predicted octanol–water partition coefficient (Wildman–Crippen LogP) is 3.72. The molecule has 0 heterocycles. The van der Waals surface area contributed by atoms with Gasteiger partial charge < -0.3 is 14.8 Å². The van der Waals surface area contributed by atoms with Crippen molar-refractivity contribution in [3.8, 4) is 11.5 Å². The summed E-state index contributed by atoms with van der Waals surface area (Å²) in [6.07, 6.45) is 0. The molecular weight excluding hydrogens is 278 g/mol. The molecule has 1 amide bonds. The highest BCUT2D eigenvalue weighted by Gasteiger charge is 2.10. The zero-order chi connectivity index (χ0) is 15.9. The number of amides is 1. The minimum atomic E-state index is -0.213. The first kappa shape index (κ1) is 15.9. The molecule has 2 aromatic rings. The Morgan fingerprint density at radius 3 is 2.36 bits per heavy atom. The van der Waals surface area contributed by atoms with Crippen molar-refractivity contribution in [1.82, 2.24) is 0 Å². The number of ether oxygens (including phenoxy) is 2. The van der Waals surface area contributed by atoms with Crippen LogP contribution < -0.4 is 14.8 Å². The van der Waals surface area contributed by atoms with Crippen molar-refractivity contribution < 1.29 is 14.3 Å². The SMILES string of the molecule is CCOc1ccccc1NC(=O)COc1c(C)cccc1C. The number of rotatable bonds is 6. The van der Waals surface area contributed by atoms with Gasteiger partial charge in [-0.2, -0.15) is 0 Å². The van der Waals surface area contributed by atoms with Gasteiger partial charge in [-0.25, -0.2) is 0 Å². The highest BCUT2D eigenvalue weighted by Crippen LogP contribution is 2.24. The van der Waals surface area contributed by atoms with Gasteiger partial charge in [0, 0.05) is 0 Å². The molecule has 1 N–H and O–H groups in total. The van der Waals surface area contributed by atoms with Gasteiger partial charge in [0.25, 0.3) is 5.91 Å². The molecule has 0 aliphatic rings. The average Bonchev–Trinajstić information content (AvgIpc) is 2.49. The van der Waals surface area contributed by atoms with Gasteiger partial charge in [-0.15, -0.1) is 0 Å². The molecule has 116 valence electrons. The van der Waals surface area contributed by atoms with Crippen LogP contribution in [0.4, 0.5) is 5.69 Å². The number of anilines is 1. The molecular formula is C18H21NO3. The largest absolute Gasteiger partial charge is 0.492 e. The molecule has 4 nitrogen and oxygen atoms in total. The van der Waals surface area contributed by atoms with Crippen molar-refractivity contribution in [1.29, 1.82) is 0 Å². The molecule has 0 bridgehead atoms. The summed E-state index contributed by atoms with van der Waals surface area (Å²) in [5, 5.41) is 2.82. The Bertz CT molecular complexity index is 632. The molecule has 0 fully saturated rings. The molecule has 0 unspecified atom stereocenters. The quantitative estimate of drug-likeness (QED) is 0.884. The number of nitrogens with one attached hydrogen (secondary N) is 1. The lowest BCUT2D eigenvalue weighted by molar-refractivity contribution is -0.118. The second-order valence-electron chi connectivity index (χ2n) is 4.99. The first-order valence-corrected chi connectivity index (χ1v) is 7.32. The molecule has 0 saturated heterocycles. The van der Waals surface area contributed by atoms with E-state index in [0.717, 1.165) is 16.9 Å². The van der Waals surface area contributed by atoms with Crippen LogP contribution in [-0.2, 0) is 4.79 Å². The van der Waals surface area contributed by atoms with Gasteiger partial charge in [0.15, 0.2) is 6.61 Å². The topological polar surface area (TPSA) is 47.6 Å². The summed E-state index contributed by atoms with van der Waals surface area (Å²) in [5.41, 5.74) is 2.68. The Kier molecular flexibility index (Phi) is 5.42. The molecule has 0 aliphatic carbocycles. The van der Waals surface area contributed by atoms with Crippen LogP contribution in [0.5, 0.6) is 11.5 Å². The Morgan fingerprint density at radius 1 is 1.00 bits per heavy atom. The first-order valence-electron chi connectivity index (χ1n) is 7.32. The molecule has 0 aromatic heterocycles. The van der Waals surface area contributed by atoms with Crippen molar-refractivity contribution in [3.63, 3.8) is 0 Å². The standard InChI is InChI=1S/C18H21NO3/c1-4-21-16-11-6-5-10-15(16)19-17(20)12-22-18-13(2)8-7-9-14(18)3/h5-11H,4,12H2,1-3H3,(H,19,20). The smallest absolute Gasteiger partial charge is 0.262 e. The summed E-state index contributed by atoms with van der Waals surface area (Å²) < 4.78 is 11.1. The zero-order valence-electron chi connectivity index (χ0n) is 13.2. The van der Waals surface area contributed by atoms with Gasteiger partial charge in [0.2, 0.25) is 0 Å². The van der Waals surface area contributed by atoms with Crippen molar-refractivity contribution in [2.45, 2.75) is 20.8 Å². The van der Waals surface area contributed by atoms with Gasteiger partial charge in [-0.1, -0.05) is 30.3 Å². The van der Waals surface area contributed by atoms with Crippen LogP contribution in [0.3, 0.4) is 0 Å². The van der Waals surface area contributed by atoms with Crippen molar-refractivity contribution in [3.05, 3.63) is 53.6 Å². The molecule has 2 rings (SSSR count).